The van der Waals surface area contributed by atoms with Crippen LogP contribution in [-0.4, -0.2) is 126 Å². The minimum absolute atomic E-state index is 0.187. The van der Waals surface area contributed by atoms with Crippen LogP contribution in [0.4, 0.5) is 56.1 Å². The van der Waals surface area contributed by atoms with Gasteiger partial charge in [0.15, 0.2) is 25.4 Å². The highest BCUT2D eigenvalue weighted by atomic mass is 32.3. The molecule has 6 rings (SSSR count). The molecule has 31 nitrogen and oxygen atoms in total. The molecule has 0 bridgehead atoms. The molecule has 406 valence electrons. The summed E-state index contributed by atoms with van der Waals surface area (Å²) in [6.45, 7) is 1.63. The number of rotatable bonds is 21. The van der Waals surface area contributed by atoms with E-state index < -0.39 is 183 Å². The summed E-state index contributed by atoms with van der Waals surface area (Å²) < 4.78 is 241. The average Bonchev–Trinajstić information content (AvgIpc) is 3.29. The number of benzene rings is 5. The Balaban J connectivity index is 1.46. The number of nitrogen functional groups attached to an aromatic ring is 1. The minimum atomic E-state index is -5.60. The first-order valence-corrected chi connectivity index (χ1v) is 30.3. The van der Waals surface area contributed by atoms with E-state index >= 15 is 4.39 Å². The van der Waals surface area contributed by atoms with Gasteiger partial charge in [0.1, 0.15) is 42.3 Å². The van der Waals surface area contributed by atoms with E-state index in [4.69, 9.17) is 10.3 Å². The van der Waals surface area contributed by atoms with Crippen LogP contribution in [0, 0.1) is 6.08 Å². The lowest BCUT2D eigenvalue weighted by atomic mass is 10.1. The first-order chi connectivity index (χ1) is 35.0. The van der Waals surface area contributed by atoms with Gasteiger partial charge in [-0.25, -0.2) is 21.0 Å². The summed E-state index contributed by atoms with van der Waals surface area (Å²) in [5, 5.41) is 27.2. The number of sulfone groups is 2. The lowest BCUT2D eigenvalue weighted by Gasteiger charge is -2.23. The molecular weight excluding hydrogens is 1160 g/mol. The zero-order valence-electron chi connectivity index (χ0n) is 37.3. The third-order valence-electron chi connectivity index (χ3n) is 9.79. The van der Waals surface area contributed by atoms with Gasteiger partial charge in [-0.3, -0.25) is 22.8 Å². The minimum Gasteiger partial charge on any atom is -0.505 e. The molecule has 0 fully saturated rings. The molecule has 76 heavy (non-hydrogen) atoms. The second-order valence-electron chi connectivity index (χ2n) is 14.9. The molecule has 39 heteroatoms. The second-order valence-corrected chi connectivity index (χ2v) is 25.7. The summed E-state index contributed by atoms with van der Waals surface area (Å²) >= 11 is 0. The Hall–Kier alpha value is -7.15. The molecule has 0 saturated heterocycles. The third-order valence-corrected chi connectivity index (χ3v) is 16.7. The fraction of sp³-hybridized carbons (Fsp3) is 0.108. The highest BCUT2D eigenvalue weighted by Crippen LogP contribution is 2.49. The predicted molar refractivity (Wildman–Crippen MR) is 261 cm³/mol. The first-order valence-electron chi connectivity index (χ1n) is 19.8. The quantitative estimate of drug-likeness (QED) is 0.0283. The van der Waals surface area contributed by atoms with Crippen molar-refractivity contribution in [2.45, 2.75) is 24.5 Å². The van der Waals surface area contributed by atoms with Crippen molar-refractivity contribution in [1.29, 1.82) is 0 Å². The fourth-order valence-electron chi connectivity index (χ4n) is 6.46. The highest BCUT2D eigenvalue weighted by Gasteiger charge is 2.30. The Morgan fingerprint density at radius 2 is 1.24 bits per heavy atom. The lowest BCUT2D eigenvalue weighted by molar-refractivity contribution is 0.284. The summed E-state index contributed by atoms with van der Waals surface area (Å²) in [5.41, 5.74) is 0.796. The number of anilines is 5. The van der Waals surface area contributed by atoms with Gasteiger partial charge in [0.05, 0.1) is 34.1 Å². The first kappa shape index (κ1) is 58.1. The van der Waals surface area contributed by atoms with E-state index in [2.05, 4.69) is 51.5 Å². The Morgan fingerprint density at radius 3 is 1.82 bits per heavy atom. The summed E-state index contributed by atoms with van der Waals surface area (Å²) in [7, 11) is -35.2. The molecule has 0 radical (unpaired) electrons. The molecular formula is C37H33FN10O21S7. The van der Waals surface area contributed by atoms with E-state index in [1.54, 1.807) is 6.07 Å². The normalized spacial score (nSPS) is 13.1. The van der Waals surface area contributed by atoms with Crippen LogP contribution in [0.25, 0.3) is 10.8 Å². The summed E-state index contributed by atoms with van der Waals surface area (Å²) in [6.07, 6.45) is -1.48. The number of nitrogens with two attached hydrogens (primary N) is 1. The number of aromatic hydroxyl groups is 1. The Bertz CT molecular complexity index is 4250. The molecule has 0 spiro atoms. The molecule has 0 aliphatic rings. The summed E-state index contributed by atoms with van der Waals surface area (Å²) in [4.78, 5) is 6.60. The topological polar surface area (TPSA) is 499 Å². The Labute approximate surface area is 429 Å². The second kappa shape index (κ2) is 21.5. The molecule has 1 heterocycles. The van der Waals surface area contributed by atoms with E-state index in [1.165, 1.54) is 24.3 Å². The number of nitrogens with zero attached hydrogens (tertiary/aromatic N) is 8. The van der Waals surface area contributed by atoms with Crippen LogP contribution in [0.15, 0.2) is 136 Å². The van der Waals surface area contributed by atoms with Crippen molar-refractivity contribution in [2.24, 2.45) is 20.5 Å². The number of para-hydroxylation sites is 1. The van der Waals surface area contributed by atoms with Crippen LogP contribution in [0.5, 0.6) is 5.75 Å². The SMILES string of the molecule is C=CS(=O)(=O)c1ccc(N=Nc2c(S(=O)(=O)O)cc3cc(S(=O)(=O)O)c(N=Nc4cc(Nc5nc(F)nc(N(CCS(=O)(=O)CCOS(=O)(=O)O)c6ccccc6)n5)ccc4S(=O)(=O)O)c(O)c3c2N)c(S(=O)(=O)O)c1. The van der Waals surface area contributed by atoms with Crippen LogP contribution in [0.3, 0.4) is 0 Å². The fourth-order valence-corrected chi connectivity index (χ4v) is 11.2. The monoisotopic (exact) mass is 1200 g/mol. The van der Waals surface area contributed by atoms with Gasteiger partial charge in [0, 0.05) is 23.3 Å². The van der Waals surface area contributed by atoms with E-state index in [1.807, 2.05) is 0 Å². The van der Waals surface area contributed by atoms with E-state index in [0.717, 1.165) is 23.1 Å². The molecule has 0 aliphatic carbocycles. The van der Waals surface area contributed by atoms with Crippen LogP contribution in [0.2, 0.25) is 0 Å². The Morgan fingerprint density at radius 1 is 0.658 bits per heavy atom. The number of hydrogen-bond donors (Lipinski definition) is 8. The summed E-state index contributed by atoms with van der Waals surface area (Å²) in [5.74, 6) is -4.27. The molecule has 9 N–H and O–H groups in total. The molecule has 0 saturated carbocycles. The van der Waals surface area contributed by atoms with Crippen molar-refractivity contribution in [3.8, 4) is 5.75 Å². The molecule has 0 atom stereocenters. The van der Waals surface area contributed by atoms with Crippen LogP contribution < -0.4 is 16.0 Å². The van der Waals surface area contributed by atoms with Crippen molar-refractivity contribution in [3.63, 3.8) is 0 Å². The molecule has 6 aromatic rings. The number of phenolic OH excluding ortho intramolecular Hbond substituents is 1. The number of fused-ring (bicyclic) bond motifs is 1. The lowest BCUT2D eigenvalue weighted by Crippen LogP contribution is -2.29. The summed E-state index contributed by atoms with van der Waals surface area (Å²) in [6, 6.07) is 12.6. The maximum absolute atomic E-state index is 15.1. The van der Waals surface area contributed by atoms with Gasteiger partial charge in [-0.1, -0.05) is 24.8 Å². The Kier molecular flexibility index (Phi) is 16.4. The van der Waals surface area contributed by atoms with Crippen LogP contribution in [-0.2, 0) is 74.7 Å². The van der Waals surface area contributed by atoms with E-state index in [0.29, 0.717) is 35.7 Å². The van der Waals surface area contributed by atoms with Crippen LogP contribution in [0.1, 0.15) is 0 Å². The van der Waals surface area contributed by atoms with Gasteiger partial charge >= 0.3 is 16.5 Å². The maximum Gasteiger partial charge on any atom is 0.397 e. The number of phenols is 1. The van der Waals surface area contributed by atoms with Gasteiger partial charge in [-0.15, -0.1) is 20.5 Å². The molecule has 1 aromatic heterocycles. The number of aromatic nitrogens is 3. The number of azo groups is 2. The smallest absolute Gasteiger partial charge is 0.397 e. The molecule has 0 aliphatic heterocycles. The molecule has 5 aromatic carbocycles. The zero-order chi connectivity index (χ0) is 56.6. The predicted octanol–water partition coefficient (Wildman–Crippen LogP) is 4.30. The van der Waals surface area contributed by atoms with Gasteiger partial charge in [0.25, 0.3) is 40.5 Å². The van der Waals surface area contributed by atoms with E-state index in [-0.39, 0.29) is 11.4 Å². The van der Waals surface area contributed by atoms with Gasteiger partial charge in [0.2, 0.25) is 11.9 Å². The van der Waals surface area contributed by atoms with Crippen LogP contribution >= 0.6 is 0 Å². The van der Waals surface area contributed by atoms with Crippen molar-refractivity contribution < 1.29 is 95.4 Å². The van der Waals surface area contributed by atoms with Crippen molar-refractivity contribution in [3.05, 3.63) is 96.9 Å². The largest absolute Gasteiger partial charge is 0.505 e. The number of halogens is 1. The maximum atomic E-state index is 15.1. The number of hydrogen-bond acceptors (Lipinski definition) is 26. The van der Waals surface area contributed by atoms with Gasteiger partial charge in [-0.05, 0) is 66.0 Å². The van der Waals surface area contributed by atoms with Crippen molar-refractivity contribution in [1.82, 2.24) is 15.0 Å². The standard InChI is InChI=1S/C37H33FN10O21S7/c1-2-71(52,53)23-9-10-24(27(19-23)73(57,58)59)44-46-32-28(74(60,61)62)16-20-17-29(75(63,64)65)33(34(49)30(20)31(32)39)47-45-25-18-21(8-11-26(25)72(54,55)56)40-36-41-35(38)42-37(43-36)48(22-6-4-3-5-7-22)12-14-70(50,51)15-13-69-76(66,67)68/h2-11,16-19,49H,1,12-15,39H2,(H,54,55,56)(H,57,58,59)(H,60,61,62)(H,63,64,65)(H,66,67,68)(H,40,41,42,43). The van der Waals surface area contributed by atoms with E-state index in [9.17, 15) is 82.2 Å². The molecule has 0 amide bonds. The van der Waals surface area contributed by atoms with Crippen molar-refractivity contribution in [2.75, 3.05) is 40.6 Å². The third kappa shape index (κ3) is 14.0. The van der Waals surface area contributed by atoms with Gasteiger partial charge < -0.3 is 21.1 Å². The average molecular weight is 1200 g/mol. The highest BCUT2D eigenvalue weighted by molar-refractivity contribution is 7.94. The van der Waals surface area contributed by atoms with Gasteiger partial charge in [-0.2, -0.15) is 61.4 Å². The molecule has 0 unspecified atom stereocenters. The number of nitrogens with one attached hydrogen (secondary N) is 1. The van der Waals surface area contributed by atoms with Crippen molar-refractivity contribution >= 4 is 133 Å². The zero-order valence-corrected chi connectivity index (χ0v) is 43.0.